The maximum atomic E-state index is 13.6. The van der Waals surface area contributed by atoms with Crippen LogP contribution in [0.4, 0.5) is 17.6 Å². The third-order valence-corrected chi connectivity index (χ3v) is 10.3. The predicted molar refractivity (Wildman–Crippen MR) is 216 cm³/mol. The van der Waals surface area contributed by atoms with Crippen LogP contribution >= 0.6 is 39.5 Å². The lowest BCUT2D eigenvalue weighted by Gasteiger charge is -2.14. The topological polar surface area (TPSA) is 122 Å². The molecule has 0 saturated carbocycles. The van der Waals surface area contributed by atoms with Crippen molar-refractivity contribution < 1.29 is 31.8 Å². The summed E-state index contributed by atoms with van der Waals surface area (Å²) >= 11 is 10.3. The number of benzene rings is 2. The third-order valence-electron chi connectivity index (χ3n) is 8.50. The van der Waals surface area contributed by atoms with Crippen LogP contribution in [0, 0.1) is 24.4 Å². The molecule has 2 aromatic carbocycles. The van der Waals surface area contributed by atoms with E-state index in [1.165, 1.54) is 28.0 Å². The van der Waals surface area contributed by atoms with Gasteiger partial charge in [0.15, 0.2) is 4.77 Å². The van der Waals surface area contributed by atoms with Crippen LogP contribution in [0.15, 0.2) is 70.1 Å². The van der Waals surface area contributed by atoms with E-state index in [0.29, 0.717) is 66.7 Å². The Bertz CT molecular complexity index is 2290. The molecule has 0 fully saturated rings. The van der Waals surface area contributed by atoms with Crippen molar-refractivity contribution in [1.29, 1.82) is 0 Å². The zero-order valence-corrected chi connectivity index (χ0v) is 33.9. The third kappa shape index (κ3) is 11.9. The van der Waals surface area contributed by atoms with E-state index in [1.54, 1.807) is 30.5 Å². The summed E-state index contributed by atoms with van der Waals surface area (Å²) in [4.78, 5) is 35.1. The number of aromatic amines is 1. The molecule has 0 bridgehead atoms. The van der Waals surface area contributed by atoms with E-state index in [2.05, 4.69) is 41.8 Å². The van der Waals surface area contributed by atoms with E-state index >= 15 is 0 Å². The molecule has 56 heavy (non-hydrogen) atoms. The number of aryl methyl sites for hydroxylation is 2. The lowest BCUT2D eigenvalue weighted by molar-refractivity contribution is -0.140. The number of rotatable bonds is 19. The molecule has 10 nitrogen and oxygen atoms in total. The Kier molecular flexibility index (Phi) is 15.5. The van der Waals surface area contributed by atoms with E-state index in [4.69, 9.17) is 21.7 Å². The van der Waals surface area contributed by atoms with Crippen molar-refractivity contribution in [1.82, 2.24) is 30.5 Å². The number of fused-ring (bicyclic) bond motifs is 1. The molecule has 0 unspecified atom stereocenters. The lowest BCUT2D eigenvalue weighted by atomic mass is 10.1. The summed E-state index contributed by atoms with van der Waals surface area (Å²) in [7, 11) is 0. The van der Waals surface area contributed by atoms with E-state index in [-0.39, 0.29) is 28.4 Å². The molecule has 4 N–H and O–H groups in total. The minimum atomic E-state index is -4.79. The molecule has 298 valence electrons. The molecule has 5 aromatic rings. The summed E-state index contributed by atoms with van der Waals surface area (Å²) in [6.45, 7) is 7.57. The molecule has 0 spiro atoms. The number of unbranched alkanes of at least 4 members (excludes halogenated alkanes) is 1. The fourth-order valence-corrected chi connectivity index (χ4v) is 7.46. The summed E-state index contributed by atoms with van der Waals surface area (Å²) in [6.07, 6.45) is 1.58. The normalized spacial score (nSPS) is 11.8. The molecule has 3 heterocycles. The minimum Gasteiger partial charge on any atom is -0.489 e. The Morgan fingerprint density at radius 1 is 1.04 bits per heavy atom. The van der Waals surface area contributed by atoms with E-state index in [0.717, 1.165) is 52.0 Å². The Balaban J connectivity index is 0.950. The van der Waals surface area contributed by atoms with Crippen LogP contribution in [0.3, 0.4) is 0 Å². The van der Waals surface area contributed by atoms with Crippen molar-refractivity contribution >= 4 is 61.7 Å². The van der Waals surface area contributed by atoms with E-state index < -0.39 is 17.6 Å². The first-order valence-corrected chi connectivity index (χ1v) is 19.8. The van der Waals surface area contributed by atoms with Crippen molar-refractivity contribution in [2.75, 3.05) is 39.4 Å². The zero-order valence-electron chi connectivity index (χ0n) is 30.7. The molecule has 1 amide bonds. The average Bonchev–Trinajstić information content (AvgIpc) is 3.46. The molecule has 0 aliphatic heterocycles. The number of ether oxygens (including phenoxy) is 2. The van der Waals surface area contributed by atoms with Crippen LogP contribution in [0.25, 0.3) is 22.1 Å². The number of carbonyl (C=O) groups is 1. The maximum Gasteiger partial charge on any atom is 0.419 e. The fourth-order valence-electron chi connectivity index (χ4n) is 5.68. The van der Waals surface area contributed by atoms with Gasteiger partial charge in [-0.05, 0) is 105 Å². The number of hydrogen-bond acceptors (Lipinski definition) is 9. The average molecular weight is 878 g/mol. The van der Waals surface area contributed by atoms with Gasteiger partial charge in [0.2, 0.25) is 5.91 Å². The van der Waals surface area contributed by atoms with Crippen LogP contribution in [0.2, 0.25) is 0 Å². The first-order chi connectivity index (χ1) is 26.8. The summed E-state index contributed by atoms with van der Waals surface area (Å²) < 4.78 is 66.8. The minimum absolute atomic E-state index is 0.149. The quantitative estimate of drug-likeness (QED) is 0.0286. The number of halogens is 5. The van der Waals surface area contributed by atoms with Crippen molar-refractivity contribution in [2.24, 2.45) is 0 Å². The van der Waals surface area contributed by atoms with Gasteiger partial charge in [0.25, 0.3) is 5.56 Å². The molecule has 3 aromatic heterocycles. The number of nitrogens with zero attached hydrogens (tertiary/aromatic N) is 2. The van der Waals surface area contributed by atoms with Crippen LogP contribution in [-0.2, 0) is 28.9 Å². The monoisotopic (exact) mass is 876 g/mol. The molecule has 0 aliphatic rings. The first kappa shape index (κ1) is 42.9. The van der Waals surface area contributed by atoms with Gasteiger partial charge in [0, 0.05) is 58.9 Å². The van der Waals surface area contributed by atoms with Crippen LogP contribution in [-0.4, -0.2) is 59.8 Å². The second-order valence-corrected chi connectivity index (χ2v) is 15.3. The van der Waals surface area contributed by atoms with Crippen molar-refractivity contribution in [3.63, 3.8) is 0 Å². The molecule has 17 heteroatoms. The van der Waals surface area contributed by atoms with E-state index in [9.17, 15) is 27.2 Å². The van der Waals surface area contributed by atoms with Crippen molar-refractivity contribution in [3.8, 4) is 11.6 Å². The van der Waals surface area contributed by atoms with Gasteiger partial charge < -0.3 is 30.4 Å². The second-order valence-electron chi connectivity index (χ2n) is 12.8. The number of alkyl halides is 3. The van der Waals surface area contributed by atoms with Crippen molar-refractivity contribution in [3.05, 3.63) is 119 Å². The Labute approximate surface area is 338 Å². The molecule has 0 atom stereocenters. The Morgan fingerprint density at radius 3 is 2.57 bits per heavy atom. The SMILES string of the molecule is Cc1ccnc(-n2c(=S)[nH]c3sc(C)c(C=CC(=O)NCCCCNCCOCCNCc4cc(Br)ccc4OCc4ccc(F)c(C(F)(F)F)c4)c3c2=O)c1. The number of nitrogens with one attached hydrogen (secondary N) is 4. The van der Waals surface area contributed by atoms with Gasteiger partial charge in [-0.15, -0.1) is 11.3 Å². The highest BCUT2D eigenvalue weighted by Gasteiger charge is 2.34. The number of pyridine rings is 1. The van der Waals surface area contributed by atoms with E-state index in [1.807, 2.05) is 26.0 Å². The fraction of sp³-hybridized carbons (Fsp3) is 0.333. The number of amides is 1. The highest BCUT2D eigenvalue weighted by Crippen LogP contribution is 2.33. The van der Waals surface area contributed by atoms with Gasteiger partial charge in [-0.2, -0.15) is 13.2 Å². The van der Waals surface area contributed by atoms with Gasteiger partial charge >= 0.3 is 6.18 Å². The Morgan fingerprint density at radius 2 is 1.80 bits per heavy atom. The summed E-state index contributed by atoms with van der Waals surface area (Å²) in [5.41, 5.74) is 0.998. The number of carbonyl (C=O) groups excluding carboxylic acids is 1. The van der Waals surface area contributed by atoms with Gasteiger partial charge in [0.05, 0.1) is 24.2 Å². The largest absolute Gasteiger partial charge is 0.489 e. The summed E-state index contributed by atoms with van der Waals surface area (Å²) in [6, 6.07) is 11.8. The number of aromatic nitrogens is 3. The zero-order chi connectivity index (χ0) is 40.2. The van der Waals surface area contributed by atoms with Gasteiger partial charge in [-0.25, -0.2) is 13.9 Å². The smallest absolute Gasteiger partial charge is 0.419 e. The number of hydrogen-bond donors (Lipinski definition) is 4. The lowest BCUT2D eigenvalue weighted by Crippen LogP contribution is -2.26. The van der Waals surface area contributed by atoms with Crippen LogP contribution in [0.5, 0.6) is 5.75 Å². The number of H-pyrrole nitrogens is 1. The van der Waals surface area contributed by atoms with Crippen molar-refractivity contribution in [2.45, 2.75) is 46.0 Å². The van der Waals surface area contributed by atoms with Crippen LogP contribution < -0.4 is 26.2 Å². The van der Waals surface area contributed by atoms with Gasteiger partial charge in [0.1, 0.15) is 28.8 Å². The first-order valence-electron chi connectivity index (χ1n) is 17.7. The highest BCUT2D eigenvalue weighted by atomic mass is 79.9. The molecular weight excluding hydrogens is 836 g/mol. The molecule has 5 rings (SSSR count). The van der Waals surface area contributed by atoms with Gasteiger partial charge in [-0.3, -0.25) is 9.59 Å². The Hall–Kier alpha value is -4.26. The van der Waals surface area contributed by atoms with Gasteiger partial charge in [-0.1, -0.05) is 22.0 Å². The summed E-state index contributed by atoms with van der Waals surface area (Å²) in [5, 5.41) is 9.94. The maximum absolute atomic E-state index is 13.6. The highest BCUT2D eigenvalue weighted by molar-refractivity contribution is 9.10. The molecular formula is C39H41BrF4N6O4S2. The molecule has 0 aliphatic carbocycles. The molecule has 0 saturated heterocycles. The molecule has 0 radical (unpaired) electrons. The second kappa shape index (κ2) is 20.2. The summed E-state index contributed by atoms with van der Waals surface area (Å²) in [5.74, 6) is -0.643. The standard InChI is InChI=1S/C39H41BrF4N6O4S2/c1-24-11-14-47-33(19-24)50-37(52)35-29(25(2)56-36(35)49-38(50)55)7-10-34(51)48-13-4-3-12-45-15-17-53-18-16-46-22-27-21-28(40)6-9-32(27)54-23-26-5-8-31(41)30(20-26)39(42,43)44/h5-11,14,19-21,45-46H,3-4,12-13,15-18,22-23H2,1-2H3,(H,48,51)(H,49,55). The van der Waals surface area contributed by atoms with Crippen LogP contribution in [0.1, 0.15) is 45.5 Å². The number of thiophene rings is 1. The predicted octanol–water partition coefficient (Wildman–Crippen LogP) is 7.93.